The minimum Gasteiger partial charge on any atom is -0.494 e. The molecule has 1 N–H and O–H groups in total. The number of benzene rings is 1. The lowest BCUT2D eigenvalue weighted by molar-refractivity contribution is -0.139. The van der Waals surface area contributed by atoms with Gasteiger partial charge in [-0.2, -0.15) is 0 Å². The summed E-state index contributed by atoms with van der Waals surface area (Å²) < 4.78 is 5.54. The molecule has 4 heteroatoms. The number of hydrogen-bond acceptors (Lipinski definition) is 3. The van der Waals surface area contributed by atoms with E-state index in [0.717, 1.165) is 38.0 Å². The summed E-state index contributed by atoms with van der Waals surface area (Å²) in [4.78, 5) is 14.5. The van der Waals surface area contributed by atoms with E-state index in [4.69, 9.17) is 4.74 Å². The Morgan fingerprint density at radius 1 is 1.38 bits per heavy atom. The maximum atomic E-state index is 12.6. The van der Waals surface area contributed by atoms with E-state index in [1.165, 1.54) is 11.1 Å². The average molecular weight is 289 g/mol. The molecule has 0 spiro atoms. The number of ether oxygens (including phenoxy) is 1. The fourth-order valence-corrected chi connectivity index (χ4v) is 3.44. The number of carbonyl (C=O) groups excluding carboxylic acids is 1. The topological polar surface area (TPSA) is 49.8 Å². The van der Waals surface area contributed by atoms with E-state index in [9.17, 15) is 9.90 Å². The molecule has 2 aliphatic rings. The lowest BCUT2D eigenvalue weighted by Gasteiger charge is -2.32. The highest BCUT2D eigenvalue weighted by Gasteiger charge is 2.35. The molecule has 0 saturated heterocycles. The van der Waals surface area contributed by atoms with Crippen LogP contribution >= 0.6 is 0 Å². The normalized spacial score (nSPS) is 24.8. The van der Waals surface area contributed by atoms with Gasteiger partial charge in [-0.3, -0.25) is 4.79 Å². The van der Waals surface area contributed by atoms with Crippen LogP contribution in [-0.2, 0) is 17.8 Å². The van der Waals surface area contributed by atoms with Crippen molar-refractivity contribution < 1.29 is 14.6 Å². The molecule has 1 saturated carbocycles. The number of fused-ring (bicyclic) bond motifs is 1. The fourth-order valence-electron chi connectivity index (χ4n) is 3.44. The van der Waals surface area contributed by atoms with Crippen molar-refractivity contribution in [2.45, 2.75) is 45.3 Å². The Hall–Kier alpha value is -1.55. The largest absolute Gasteiger partial charge is 0.494 e. The molecule has 114 valence electrons. The van der Waals surface area contributed by atoms with Crippen molar-refractivity contribution >= 4 is 5.91 Å². The maximum Gasteiger partial charge on any atom is 0.228 e. The van der Waals surface area contributed by atoms with Gasteiger partial charge in [-0.1, -0.05) is 6.07 Å². The molecule has 1 aromatic rings. The minimum absolute atomic E-state index is 0.118. The SMILES string of the molecule is CCOc1ccc2c(c1)CN(C(=O)C1CCCC1O)CC2. The lowest BCUT2D eigenvalue weighted by atomic mass is 9.97. The summed E-state index contributed by atoms with van der Waals surface area (Å²) in [5.41, 5.74) is 2.47. The van der Waals surface area contributed by atoms with Gasteiger partial charge in [-0.05, 0) is 55.9 Å². The summed E-state index contributed by atoms with van der Waals surface area (Å²) in [7, 11) is 0. The van der Waals surface area contributed by atoms with Gasteiger partial charge in [-0.15, -0.1) is 0 Å². The molecule has 1 aliphatic carbocycles. The number of hydrogen-bond donors (Lipinski definition) is 1. The quantitative estimate of drug-likeness (QED) is 0.927. The minimum atomic E-state index is -0.450. The van der Waals surface area contributed by atoms with Crippen LogP contribution < -0.4 is 4.74 Å². The molecule has 2 unspecified atom stereocenters. The fraction of sp³-hybridized carbons (Fsp3) is 0.588. The zero-order valence-corrected chi connectivity index (χ0v) is 12.5. The molecule has 1 fully saturated rings. The van der Waals surface area contributed by atoms with Crippen LogP contribution in [0.15, 0.2) is 18.2 Å². The number of aliphatic hydroxyl groups is 1. The van der Waals surface area contributed by atoms with Crippen molar-refractivity contribution in [2.75, 3.05) is 13.2 Å². The van der Waals surface area contributed by atoms with Gasteiger partial charge in [-0.25, -0.2) is 0 Å². The van der Waals surface area contributed by atoms with Crippen molar-refractivity contribution in [3.8, 4) is 5.75 Å². The summed E-state index contributed by atoms with van der Waals surface area (Å²) in [5, 5.41) is 9.93. The number of nitrogens with zero attached hydrogens (tertiary/aromatic N) is 1. The Morgan fingerprint density at radius 2 is 2.24 bits per heavy atom. The van der Waals surface area contributed by atoms with E-state index >= 15 is 0 Å². The van der Waals surface area contributed by atoms with Crippen LogP contribution in [0.5, 0.6) is 5.75 Å². The first-order chi connectivity index (χ1) is 10.2. The van der Waals surface area contributed by atoms with Gasteiger partial charge in [0, 0.05) is 13.1 Å². The molecule has 1 aromatic carbocycles. The van der Waals surface area contributed by atoms with Gasteiger partial charge < -0.3 is 14.7 Å². The molecule has 0 aromatic heterocycles. The van der Waals surface area contributed by atoms with Crippen LogP contribution in [-0.4, -0.2) is 35.2 Å². The average Bonchev–Trinajstić information content (AvgIpc) is 2.92. The zero-order chi connectivity index (χ0) is 14.8. The van der Waals surface area contributed by atoms with E-state index in [-0.39, 0.29) is 11.8 Å². The summed E-state index contributed by atoms with van der Waals surface area (Å²) in [6, 6.07) is 6.15. The third-order valence-corrected chi connectivity index (χ3v) is 4.61. The monoisotopic (exact) mass is 289 g/mol. The number of carbonyl (C=O) groups is 1. The van der Waals surface area contributed by atoms with Crippen LogP contribution in [0, 0.1) is 5.92 Å². The van der Waals surface area contributed by atoms with Gasteiger partial charge in [0.1, 0.15) is 5.75 Å². The summed E-state index contributed by atoms with van der Waals surface area (Å²) in [5.74, 6) is 0.792. The van der Waals surface area contributed by atoms with Crippen LogP contribution in [0.1, 0.15) is 37.3 Å². The molecule has 0 bridgehead atoms. The second kappa shape index (κ2) is 6.06. The molecule has 3 rings (SSSR count). The molecule has 1 aliphatic heterocycles. The van der Waals surface area contributed by atoms with Crippen molar-refractivity contribution in [1.82, 2.24) is 4.90 Å². The highest BCUT2D eigenvalue weighted by molar-refractivity contribution is 5.80. The molecule has 1 amide bonds. The van der Waals surface area contributed by atoms with Crippen molar-refractivity contribution in [1.29, 1.82) is 0 Å². The molecular weight excluding hydrogens is 266 g/mol. The predicted octanol–water partition coefficient (Wildman–Crippen LogP) is 2.13. The first kappa shape index (κ1) is 14.4. The zero-order valence-electron chi connectivity index (χ0n) is 12.5. The smallest absolute Gasteiger partial charge is 0.228 e. The molecule has 2 atom stereocenters. The van der Waals surface area contributed by atoms with Crippen LogP contribution in [0.3, 0.4) is 0 Å². The Labute approximate surface area is 125 Å². The van der Waals surface area contributed by atoms with E-state index in [2.05, 4.69) is 6.07 Å². The highest BCUT2D eigenvalue weighted by Crippen LogP contribution is 2.30. The van der Waals surface area contributed by atoms with Crippen LogP contribution in [0.25, 0.3) is 0 Å². The second-order valence-electron chi connectivity index (χ2n) is 5.98. The molecular formula is C17H23NO3. The van der Waals surface area contributed by atoms with E-state index in [1.54, 1.807) is 0 Å². The van der Waals surface area contributed by atoms with Crippen molar-refractivity contribution in [3.05, 3.63) is 29.3 Å². The van der Waals surface area contributed by atoms with E-state index in [1.807, 2.05) is 24.0 Å². The highest BCUT2D eigenvalue weighted by atomic mass is 16.5. The number of rotatable bonds is 3. The maximum absolute atomic E-state index is 12.6. The molecule has 0 radical (unpaired) electrons. The van der Waals surface area contributed by atoms with Crippen molar-refractivity contribution in [3.63, 3.8) is 0 Å². The van der Waals surface area contributed by atoms with Crippen molar-refractivity contribution in [2.24, 2.45) is 5.92 Å². The van der Waals surface area contributed by atoms with Crippen LogP contribution in [0.2, 0.25) is 0 Å². The third-order valence-electron chi connectivity index (χ3n) is 4.61. The van der Waals surface area contributed by atoms with Gasteiger partial charge in [0.15, 0.2) is 0 Å². The van der Waals surface area contributed by atoms with Gasteiger partial charge in [0.25, 0.3) is 0 Å². The van der Waals surface area contributed by atoms with E-state index in [0.29, 0.717) is 13.2 Å². The molecule has 4 nitrogen and oxygen atoms in total. The van der Waals surface area contributed by atoms with Crippen LogP contribution in [0.4, 0.5) is 0 Å². The first-order valence-corrected chi connectivity index (χ1v) is 7.90. The lowest BCUT2D eigenvalue weighted by Crippen LogP contribution is -2.41. The van der Waals surface area contributed by atoms with Gasteiger partial charge >= 0.3 is 0 Å². The summed E-state index contributed by atoms with van der Waals surface area (Å²) >= 11 is 0. The van der Waals surface area contributed by atoms with Gasteiger partial charge in [0.05, 0.1) is 18.6 Å². The van der Waals surface area contributed by atoms with Gasteiger partial charge in [0.2, 0.25) is 5.91 Å². The standard InChI is InChI=1S/C17H23NO3/c1-2-21-14-7-6-12-8-9-18(11-13(12)10-14)17(20)15-4-3-5-16(15)19/h6-7,10,15-16,19H,2-5,8-9,11H2,1H3. The first-order valence-electron chi connectivity index (χ1n) is 7.90. The Kier molecular flexibility index (Phi) is 4.15. The second-order valence-corrected chi connectivity index (χ2v) is 5.98. The number of amides is 1. The summed E-state index contributed by atoms with van der Waals surface area (Å²) in [6.45, 7) is 4.01. The summed E-state index contributed by atoms with van der Waals surface area (Å²) in [6.07, 6.45) is 2.97. The Bertz CT molecular complexity index is 529. The Balaban J connectivity index is 1.73. The Morgan fingerprint density at radius 3 is 2.95 bits per heavy atom. The van der Waals surface area contributed by atoms with E-state index < -0.39 is 6.10 Å². The predicted molar refractivity (Wildman–Crippen MR) is 80.1 cm³/mol. The molecule has 21 heavy (non-hydrogen) atoms. The molecule has 1 heterocycles. The number of aliphatic hydroxyl groups excluding tert-OH is 1. The third kappa shape index (κ3) is 2.91.